The fourth-order valence-corrected chi connectivity index (χ4v) is 3.45. The predicted octanol–water partition coefficient (Wildman–Crippen LogP) is 2.43. The molecule has 0 saturated carbocycles. The molecule has 2 amide bonds. The highest BCUT2D eigenvalue weighted by Crippen LogP contribution is 2.30. The summed E-state index contributed by atoms with van der Waals surface area (Å²) >= 11 is 0. The van der Waals surface area contributed by atoms with Gasteiger partial charge in [0.05, 0.1) is 13.4 Å². The van der Waals surface area contributed by atoms with Crippen LogP contribution in [0, 0.1) is 6.92 Å². The van der Waals surface area contributed by atoms with E-state index in [1.54, 1.807) is 25.1 Å². The van der Waals surface area contributed by atoms with E-state index in [1.165, 1.54) is 6.26 Å². The SMILES string of the molecule is CNC(=O)C1(Nc2cccc(OC)c2)CCN(C(=O)c2occc2C)CC1. The number of rotatable bonds is 5. The third-order valence-electron chi connectivity index (χ3n) is 5.08. The summed E-state index contributed by atoms with van der Waals surface area (Å²) in [6, 6.07) is 9.25. The van der Waals surface area contributed by atoms with E-state index in [0.29, 0.717) is 37.4 Å². The highest BCUT2D eigenvalue weighted by Gasteiger charge is 2.42. The number of furan rings is 1. The molecule has 0 aliphatic carbocycles. The van der Waals surface area contributed by atoms with Crippen molar-refractivity contribution in [3.8, 4) is 5.75 Å². The zero-order valence-electron chi connectivity index (χ0n) is 15.9. The molecule has 0 radical (unpaired) electrons. The van der Waals surface area contributed by atoms with Gasteiger partial charge in [0.1, 0.15) is 11.3 Å². The number of carbonyl (C=O) groups excluding carboxylic acids is 2. The molecule has 1 saturated heterocycles. The number of methoxy groups -OCH3 is 1. The number of carbonyl (C=O) groups is 2. The Morgan fingerprint density at radius 3 is 2.56 bits per heavy atom. The number of nitrogens with zero attached hydrogens (tertiary/aromatic N) is 1. The first-order valence-corrected chi connectivity index (χ1v) is 8.97. The lowest BCUT2D eigenvalue weighted by Gasteiger charge is -2.41. The van der Waals surface area contributed by atoms with Gasteiger partial charge in [-0.1, -0.05) is 6.07 Å². The van der Waals surface area contributed by atoms with Crippen molar-refractivity contribution in [2.75, 3.05) is 32.6 Å². The van der Waals surface area contributed by atoms with Crippen molar-refractivity contribution in [3.05, 3.63) is 47.9 Å². The van der Waals surface area contributed by atoms with Crippen molar-refractivity contribution in [3.63, 3.8) is 0 Å². The van der Waals surface area contributed by atoms with E-state index in [-0.39, 0.29) is 11.8 Å². The number of ether oxygens (including phenoxy) is 1. The van der Waals surface area contributed by atoms with Crippen LogP contribution in [-0.4, -0.2) is 49.5 Å². The van der Waals surface area contributed by atoms with Gasteiger partial charge >= 0.3 is 0 Å². The second kappa shape index (κ2) is 7.73. The molecule has 1 aliphatic heterocycles. The molecule has 0 unspecified atom stereocenters. The van der Waals surface area contributed by atoms with Gasteiger partial charge in [-0.2, -0.15) is 0 Å². The Morgan fingerprint density at radius 2 is 1.96 bits per heavy atom. The molecule has 27 heavy (non-hydrogen) atoms. The summed E-state index contributed by atoms with van der Waals surface area (Å²) in [7, 11) is 3.23. The van der Waals surface area contributed by atoms with E-state index >= 15 is 0 Å². The Morgan fingerprint density at radius 1 is 1.22 bits per heavy atom. The first-order chi connectivity index (χ1) is 13.0. The number of anilines is 1. The summed E-state index contributed by atoms with van der Waals surface area (Å²) in [5.41, 5.74) is 0.841. The number of likely N-dealkylation sites (tertiary alicyclic amines) is 1. The van der Waals surface area contributed by atoms with Gasteiger partial charge in [-0.15, -0.1) is 0 Å². The average molecular weight is 371 g/mol. The Bertz CT molecular complexity index is 822. The van der Waals surface area contributed by atoms with Crippen LogP contribution in [0.25, 0.3) is 0 Å². The van der Waals surface area contributed by atoms with Crippen LogP contribution in [0.3, 0.4) is 0 Å². The van der Waals surface area contributed by atoms with Crippen molar-refractivity contribution in [2.24, 2.45) is 0 Å². The molecule has 3 rings (SSSR count). The number of hydrogen-bond acceptors (Lipinski definition) is 5. The summed E-state index contributed by atoms with van der Waals surface area (Å²) in [6.45, 7) is 2.77. The molecule has 1 aromatic carbocycles. The molecule has 1 fully saturated rings. The van der Waals surface area contributed by atoms with E-state index in [2.05, 4.69) is 10.6 Å². The maximum absolute atomic E-state index is 12.7. The van der Waals surface area contributed by atoms with Crippen LogP contribution in [0.15, 0.2) is 41.0 Å². The fraction of sp³-hybridized carbons (Fsp3) is 0.400. The summed E-state index contributed by atoms with van der Waals surface area (Å²) in [5.74, 6) is 0.854. The molecular weight excluding hydrogens is 346 g/mol. The van der Waals surface area contributed by atoms with Gasteiger partial charge < -0.3 is 24.7 Å². The first-order valence-electron chi connectivity index (χ1n) is 8.97. The Hall–Kier alpha value is -2.96. The molecule has 0 bridgehead atoms. The number of piperidine rings is 1. The lowest BCUT2D eigenvalue weighted by molar-refractivity contribution is -0.126. The number of hydrogen-bond donors (Lipinski definition) is 2. The summed E-state index contributed by atoms with van der Waals surface area (Å²) in [4.78, 5) is 27.1. The van der Waals surface area contributed by atoms with E-state index in [1.807, 2.05) is 31.2 Å². The van der Waals surface area contributed by atoms with Crippen molar-refractivity contribution in [1.29, 1.82) is 0 Å². The number of aryl methyl sites for hydroxylation is 1. The number of nitrogens with one attached hydrogen (secondary N) is 2. The summed E-state index contributed by atoms with van der Waals surface area (Å²) in [5, 5.41) is 6.12. The van der Waals surface area contributed by atoms with E-state index in [9.17, 15) is 9.59 Å². The molecule has 0 spiro atoms. The highest BCUT2D eigenvalue weighted by atomic mass is 16.5. The average Bonchev–Trinajstić information content (AvgIpc) is 3.13. The lowest BCUT2D eigenvalue weighted by Crippen LogP contribution is -2.58. The van der Waals surface area contributed by atoms with E-state index < -0.39 is 5.54 Å². The van der Waals surface area contributed by atoms with Crippen molar-refractivity contribution >= 4 is 17.5 Å². The van der Waals surface area contributed by atoms with Crippen LogP contribution in [0.5, 0.6) is 5.75 Å². The normalized spacial score (nSPS) is 15.9. The van der Waals surface area contributed by atoms with Crippen molar-refractivity contribution in [2.45, 2.75) is 25.3 Å². The summed E-state index contributed by atoms with van der Waals surface area (Å²) in [6.07, 6.45) is 2.51. The molecule has 7 heteroatoms. The van der Waals surface area contributed by atoms with Gasteiger partial charge in [-0.3, -0.25) is 9.59 Å². The van der Waals surface area contributed by atoms with Crippen LogP contribution >= 0.6 is 0 Å². The topological polar surface area (TPSA) is 83.8 Å². The second-order valence-corrected chi connectivity index (χ2v) is 6.74. The lowest BCUT2D eigenvalue weighted by atomic mass is 9.85. The molecule has 2 aromatic rings. The predicted molar refractivity (Wildman–Crippen MR) is 102 cm³/mol. The third kappa shape index (κ3) is 3.77. The molecule has 144 valence electrons. The molecule has 1 aliphatic rings. The molecule has 7 nitrogen and oxygen atoms in total. The monoisotopic (exact) mass is 371 g/mol. The van der Waals surface area contributed by atoms with Crippen LogP contribution in [0.1, 0.15) is 29.0 Å². The van der Waals surface area contributed by atoms with Crippen LogP contribution < -0.4 is 15.4 Å². The third-order valence-corrected chi connectivity index (χ3v) is 5.08. The van der Waals surface area contributed by atoms with Gasteiger partial charge in [-0.25, -0.2) is 0 Å². The van der Waals surface area contributed by atoms with E-state index in [4.69, 9.17) is 9.15 Å². The van der Waals surface area contributed by atoms with Gasteiger partial charge in [0, 0.05) is 37.5 Å². The Balaban J connectivity index is 1.76. The van der Waals surface area contributed by atoms with Crippen LogP contribution in [-0.2, 0) is 4.79 Å². The Labute approximate surface area is 158 Å². The molecule has 2 N–H and O–H groups in total. The van der Waals surface area contributed by atoms with Gasteiger partial charge in [0.25, 0.3) is 5.91 Å². The molecule has 2 heterocycles. The second-order valence-electron chi connectivity index (χ2n) is 6.74. The maximum Gasteiger partial charge on any atom is 0.289 e. The molecule has 0 atom stereocenters. The maximum atomic E-state index is 12.7. The zero-order valence-corrected chi connectivity index (χ0v) is 15.9. The Kier molecular flexibility index (Phi) is 5.39. The quantitative estimate of drug-likeness (QED) is 0.843. The van der Waals surface area contributed by atoms with Gasteiger partial charge in [-0.05, 0) is 38.0 Å². The fourth-order valence-electron chi connectivity index (χ4n) is 3.45. The van der Waals surface area contributed by atoms with E-state index in [0.717, 1.165) is 11.3 Å². The largest absolute Gasteiger partial charge is 0.497 e. The van der Waals surface area contributed by atoms with Crippen molar-refractivity contribution in [1.82, 2.24) is 10.2 Å². The minimum atomic E-state index is -0.782. The zero-order chi connectivity index (χ0) is 19.4. The highest BCUT2D eigenvalue weighted by molar-refractivity contribution is 5.94. The minimum absolute atomic E-state index is 0.0911. The number of benzene rings is 1. The van der Waals surface area contributed by atoms with Crippen LogP contribution in [0.2, 0.25) is 0 Å². The van der Waals surface area contributed by atoms with Gasteiger partial charge in [0.15, 0.2) is 5.76 Å². The first kappa shape index (κ1) is 18.8. The van der Waals surface area contributed by atoms with Gasteiger partial charge in [0.2, 0.25) is 5.91 Å². The standard InChI is InChI=1S/C20H25N3O4/c1-14-7-12-27-17(14)18(24)23-10-8-20(9-11-23,19(25)21-2)22-15-5-4-6-16(13-15)26-3/h4-7,12-13,22H,8-11H2,1-3H3,(H,21,25). The number of likely N-dealkylation sites (N-methyl/N-ethyl adjacent to an activating group) is 1. The van der Waals surface area contributed by atoms with Crippen molar-refractivity contribution < 1.29 is 18.7 Å². The number of amides is 2. The molecule has 1 aromatic heterocycles. The smallest absolute Gasteiger partial charge is 0.289 e. The van der Waals surface area contributed by atoms with Crippen LogP contribution in [0.4, 0.5) is 5.69 Å². The molecular formula is C20H25N3O4. The minimum Gasteiger partial charge on any atom is -0.497 e. The summed E-state index contributed by atoms with van der Waals surface area (Å²) < 4.78 is 10.6.